The highest BCUT2D eigenvalue weighted by Crippen LogP contribution is 2.24. The lowest BCUT2D eigenvalue weighted by Crippen LogP contribution is -2.27. The predicted molar refractivity (Wildman–Crippen MR) is 85.0 cm³/mol. The van der Waals surface area contributed by atoms with Crippen LogP contribution in [0.5, 0.6) is 0 Å². The van der Waals surface area contributed by atoms with Gasteiger partial charge in [-0.15, -0.1) is 0 Å². The molecule has 0 bridgehead atoms. The third-order valence-electron chi connectivity index (χ3n) is 3.29. The van der Waals surface area contributed by atoms with Gasteiger partial charge in [0, 0.05) is 18.5 Å². The van der Waals surface area contributed by atoms with Crippen LogP contribution in [0.2, 0.25) is 0 Å². The number of hydrogen-bond acceptors (Lipinski definition) is 4. The molecule has 0 unspecified atom stereocenters. The van der Waals surface area contributed by atoms with Crippen molar-refractivity contribution in [1.29, 1.82) is 0 Å². The molecule has 0 aromatic carbocycles. The zero-order chi connectivity index (χ0) is 15.9. The van der Waals surface area contributed by atoms with Crippen LogP contribution in [0.15, 0.2) is 10.9 Å². The Hall–Kier alpha value is -1.76. The second-order valence-corrected chi connectivity index (χ2v) is 6.82. The van der Waals surface area contributed by atoms with Gasteiger partial charge in [0.25, 0.3) is 5.56 Å². The molecule has 6 nitrogen and oxygen atoms in total. The van der Waals surface area contributed by atoms with E-state index < -0.39 is 0 Å². The van der Waals surface area contributed by atoms with Gasteiger partial charge < -0.3 is 0 Å². The Morgan fingerprint density at radius 3 is 2.48 bits per heavy atom. The lowest BCUT2D eigenvalue weighted by molar-refractivity contribution is 0.530. The van der Waals surface area contributed by atoms with Crippen molar-refractivity contribution in [2.45, 2.75) is 46.1 Å². The van der Waals surface area contributed by atoms with Crippen molar-refractivity contribution in [3.8, 4) is 11.4 Å². The lowest BCUT2D eigenvalue weighted by Gasteiger charge is -2.19. The first-order chi connectivity index (χ1) is 9.62. The standard InChI is InChI=1S/C14H21N5OS/c1-8(2)19-11(15-16-13(19)21)9-7-10(14(3,4)5)17-18(6)12(9)20/h7-8H,1-6H3,(H,16,21). The second kappa shape index (κ2) is 5.22. The first-order valence-electron chi connectivity index (χ1n) is 6.89. The molecule has 21 heavy (non-hydrogen) atoms. The summed E-state index contributed by atoms with van der Waals surface area (Å²) in [6.07, 6.45) is 0. The van der Waals surface area contributed by atoms with E-state index >= 15 is 0 Å². The number of nitrogens with one attached hydrogen (secondary N) is 1. The Morgan fingerprint density at radius 2 is 1.95 bits per heavy atom. The first-order valence-corrected chi connectivity index (χ1v) is 7.30. The fourth-order valence-corrected chi connectivity index (χ4v) is 2.45. The monoisotopic (exact) mass is 307 g/mol. The second-order valence-electron chi connectivity index (χ2n) is 6.44. The minimum Gasteiger partial charge on any atom is -0.297 e. The van der Waals surface area contributed by atoms with Crippen molar-refractivity contribution >= 4 is 12.2 Å². The Balaban J connectivity index is 2.79. The zero-order valence-corrected chi connectivity index (χ0v) is 14.1. The summed E-state index contributed by atoms with van der Waals surface area (Å²) in [6, 6.07) is 1.92. The van der Waals surface area contributed by atoms with Crippen LogP contribution in [-0.4, -0.2) is 24.5 Å². The van der Waals surface area contributed by atoms with Gasteiger partial charge in [-0.3, -0.25) is 14.5 Å². The highest BCUT2D eigenvalue weighted by atomic mass is 32.1. The van der Waals surface area contributed by atoms with E-state index in [9.17, 15) is 4.79 Å². The van der Waals surface area contributed by atoms with Gasteiger partial charge in [-0.2, -0.15) is 10.2 Å². The SMILES string of the molecule is CC(C)n1c(-c2cc(C(C)(C)C)nn(C)c2=O)n[nH]c1=S. The number of rotatable bonds is 2. The Labute approximate surface area is 128 Å². The van der Waals surface area contributed by atoms with Gasteiger partial charge in [-0.25, -0.2) is 4.68 Å². The Bertz CT molecular complexity index is 776. The maximum Gasteiger partial charge on any atom is 0.277 e. The molecule has 7 heteroatoms. The van der Waals surface area contributed by atoms with Crippen molar-refractivity contribution in [3.63, 3.8) is 0 Å². The molecule has 0 aliphatic heterocycles. The van der Waals surface area contributed by atoms with E-state index in [0.717, 1.165) is 5.69 Å². The predicted octanol–water partition coefficient (Wildman–Crippen LogP) is 2.58. The molecule has 0 aliphatic carbocycles. The molecule has 0 radical (unpaired) electrons. The molecule has 0 amide bonds. The van der Waals surface area contributed by atoms with Gasteiger partial charge >= 0.3 is 0 Å². The summed E-state index contributed by atoms with van der Waals surface area (Å²) < 4.78 is 3.72. The fraction of sp³-hybridized carbons (Fsp3) is 0.571. The highest BCUT2D eigenvalue weighted by Gasteiger charge is 2.22. The molecule has 114 valence electrons. The lowest BCUT2D eigenvalue weighted by atomic mass is 9.91. The summed E-state index contributed by atoms with van der Waals surface area (Å²) >= 11 is 5.25. The molecular weight excluding hydrogens is 286 g/mol. The van der Waals surface area contributed by atoms with Crippen molar-refractivity contribution in [2.24, 2.45) is 7.05 Å². The summed E-state index contributed by atoms with van der Waals surface area (Å²) in [7, 11) is 1.65. The molecule has 0 saturated carbocycles. The molecular formula is C14H21N5OS. The largest absolute Gasteiger partial charge is 0.297 e. The third-order valence-corrected chi connectivity index (χ3v) is 3.58. The number of aryl methyl sites for hydroxylation is 1. The van der Waals surface area contributed by atoms with Crippen LogP contribution in [0.25, 0.3) is 11.4 Å². The Morgan fingerprint density at radius 1 is 1.33 bits per heavy atom. The number of hydrogen-bond donors (Lipinski definition) is 1. The van der Waals surface area contributed by atoms with Crippen molar-refractivity contribution in [2.75, 3.05) is 0 Å². The molecule has 0 atom stereocenters. The minimum atomic E-state index is -0.182. The molecule has 2 aromatic heterocycles. The maximum atomic E-state index is 12.4. The average Bonchev–Trinajstić information content (AvgIpc) is 2.73. The van der Waals surface area contributed by atoms with E-state index in [2.05, 4.69) is 36.1 Å². The summed E-state index contributed by atoms with van der Waals surface area (Å²) in [6.45, 7) is 10.2. The third kappa shape index (κ3) is 2.83. The van der Waals surface area contributed by atoms with E-state index in [1.807, 2.05) is 24.5 Å². The number of aromatic amines is 1. The molecule has 0 saturated heterocycles. The first kappa shape index (κ1) is 15.6. The van der Waals surface area contributed by atoms with Crippen molar-refractivity contribution in [1.82, 2.24) is 24.5 Å². The Kier molecular flexibility index (Phi) is 3.88. The van der Waals surface area contributed by atoms with Gasteiger partial charge in [0.15, 0.2) is 10.6 Å². The number of H-pyrrole nitrogens is 1. The number of aromatic nitrogens is 5. The fourth-order valence-electron chi connectivity index (χ4n) is 2.11. The van der Waals surface area contributed by atoms with Crippen LogP contribution in [-0.2, 0) is 12.5 Å². The van der Waals surface area contributed by atoms with Gasteiger partial charge in [0.1, 0.15) is 0 Å². The van der Waals surface area contributed by atoms with Gasteiger partial charge in [0.05, 0.1) is 11.3 Å². The smallest absolute Gasteiger partial charge is 0.277 e. The van der Waals surface area contributed by atoms with E-state index in [0.29, 0.717) is 16.2 Å². The molecule has 2 rings (SSSR count). The van der Waals surface area contributed by atoms with Crippen LogP contribution in [0, 0.1) is 4.77 Å². The van der Waals surface area contributed by atoms with Gasteiger partial charge in [0.2, 0.25) is 0 Å². The quantitative estimate of drug-likeness (QED) is 0.866. The van der Waals surface area contributed by atoms with Crippen LogP contribution in [0.3, 0.4) is 0 Å². The topological polar surface area (TPSA) is 68.5 Å². The van der Waals surface area contributed by atoms with E-state index in [1.54, 1.807) is 7.05 Å². The minimum absolute atomic E-state index is 0.113. The van der Waals surface area contributed by atoms with E-state index in [1.165, 1.54) is 4.68 Å². The van der Waals surface area contributed by atoms with Crippen LogP contribution >= 0.6 is 12.2 Å². The molecule has 0 fully saturated rings. The van der Waals surface area contributed by atoms with Crippen LogP contribution in [0.4, 0.5) is 0 Å². The summed E-state index contributed by atoms with van der Waals surface area (Å²) in [5.41, 5.74) is 1.01. The molecule has 2 heterocycles. The summed E-state index contributed by atoms with van der Waals surface area (Å²) in [5.74, 6) is 0.559. The van der Waals surface area contributed by atoms with Crippen molar-refractivity contribution in [3.05, 3.63) is 26.9 Å². The van der Waals surface area contributed by atoms with Gasteiger partial charge in [-0.1, -0.05) is 20.8 Å². The average molecular weight is 307 g/mol. The summed E-state index contributed by atoms with van der Waals surface area (Å²) in [4.78, 5) is 12.4. The molecule has 0 aliphatic rings. The number of nitrogens with zero attached hydrogens (tertiary/aromatic N) is 4. The zero-order valence-electron chi connectivity index (χ0n) is 13.3. The van der Waals surface area contributed by atoms with Crippen LogP contribution in [0.1, 0.15) is 46.4 Å². The van der Waals surface area contributed by atoms with E-state index in [4.69, 9.17) is 12.2 Å². The van der Waals surface area contributed by atoms with Gasteiger partial charge in [-0.05, 0) is 32.1 Å². The normalized spacial score (nSPS) is 12.1. The van der Waals surface area contributed by atoms with Crippen LogP contribution < -0.4 is 5.56 Å². The molecule has 1 N–H and O–H groups in total. The molecule has 0 spiro atoms. The summed E-state index contributed by atoms with van der Waals surface area (Å²) in [5, 5.41) is 11.3. The maximum absolute atomic E-state index is 12.4. The molecule has 2 aromatic rings. The highest BCUT2D eigenvalue weighted by molar-refractivity contribution is 7.71. The van der Waals surface area contributed by atoms with E-state index in [-0.39, 0.29) is 17.0 Å². The van der Waals surface area contributed by atoms with Crippen molar-refractivity contribution < 1.29 is 0 Å².